The maximum absolute atomic E-state index is 12.1. The second kappa shape index (κ2) is 8.90. The number of nitrogens with zero attached hydrogens (tertiary/aromatic N) is 1. The summed E-state index contributed by atoms with van der Waals surface area (Å²) in [5.74, 6) is -2.07. The van der Waals surface area contributed by atoms with Crippen molar-refractivity contribution in [3.63, 3.8) is 0 Å². The second-order valence-corrected chi connectivity index (χ2v) is 4.82. The Balaban J connectivity index is 2.89. The van der Waals surface area contributed by atoms with Crippen LogP contribution in [0.15, 0.2) is 47.3 Å². The molecule has 1 rings (SSSR count). The Morgan fingerprint density at radius 1 is 1.25 bits per heavy atom. The summed E-state index contributed by atoms with van der Waals surface area (Å²) in [5, 5.41) is 11.2. The van der Waals surface area contributed by atoms with Gasteiger partial charge in [-0.2, -0.15) is 5.26 Å². The first-order valence-corrected chi connectivity index (χ1v) is 6.96. The monoisotopic (exact) mass is 327 g/mol. The molecule has 0 saturated carbocycles. The number of ether oxygens (including phenoxy) is 1. The maximum Gasteiger partial charge on any atom is 0.355 e. The predicted molar refractivity (Wildman–Crippen MR) is 86.7 cm³/mol. The molecule has 0 aliphatic heterocycles. The lowest BCUT2D eigenvalue weighted by atomic mass is 10.1. The summed E-state index contributed by atoms with van der Waals surface area (Å²) < 4.78 is 4.86. The number of benzene rings is 1. The fourth-order valence-corrected chi connectivity index (χ4v) is 1.70. The summed E-state index contributed by atoms with van der Waals surface area (Å²) in [6.07, 6.45) is 1.42. The van der Waals surface area contributed by atoms with E-state index in [1.165, 1.54) is 19.9 Å². The minimum Gasteiger partial charge on any atom is -0.453 e. The standard InChI is InChI=1S/C17H17N3O4/c1-11(19)14(9-18)16(22)10-24-17(23)15(20-12(2)21)8-13-6-4-3-5-7-13/h3-8H,10,19H2,1-2H3,(H,20,21)/b14-11-,15-8+. The van der Waals surface area contributed by atoms with Gasteiger partial charge in [-0.1, -0.05) is 30.3 Å². The van der Waals surface area contributed by atoms with Gasteiger partial charge in [0.15, 0.2) is 6.61 Å². The zero-order valence-electron chi connectivity index (χ0n) is 13.3. The van der Waals surface area contributed by atoms with Crippen molar-refractivity contribution in [3.05, 3.63) is 52.9 Å². The molecule has 0 heterocycles. The molecule has 0 radical (unpaired) electrons. The van der Waals surface area contributed by atoms with Crippen LogP contribution in [0.25, 0.3) is 6.08 Å². The van der Waals surface area contributed by atoms with E-state index in [9.17, 15) is 14.4 Å². The van der Waals surface area contributed by atoms with Crippen molar-refractivity contribution in [1.29, 1.82) is 5.26 Å². The minimum atomic E-state index is -0.894. The molecule has 1 amide bonds. The van der Waals surface area contributed by atoms with Crippen LogP contribution < -0.4 is 11.1 Å². The van der Waals surface area contributed by atoms with Crippen LogP contribution in [0, 0.1) is 11.3 Å². The Bertz CT molecular complexity index is 739. The minimum absolute atomic E-state index is 0.0421. The highest BCUT2D eigenvalue weighted by molar-refractivity contribution is 6.03. The number of carbonyl (C=O) groups excluding carboxylic acids is 3. The van der Waals surface area contributed by atoms with E-state index in [1.54, 1.807) is 36.4 Å². The molecule has 7 heteroatoms. The molecule has 3 N–H and O–H groups in total. The van der Waals surface area contributed by atoms with E-state index in [2.05, 4.69) is 5.32 Å². The Hall–Kier alpha value is -3.40. The maximum atomic E-state index is 12.1. The van der Waals surface area contributed by atoms with E-state index >= 15 is 0 Å². The molecule has 0 aliphatic rings. The first-order valence-electron chi connectivity index (χ1n) is 6.96. The molecule has 0 aliphatic carbocycles. The molecular formula is C17H17N3O4. The van der Waals surface area contributed by atoms with E-state index in [4.69, 9.17) is 15.7 Å². The molecule has 0 bridgehead atoms. The van der Waals surface area contributed by atoms with Crippen LogP contribution in [0.4, 0.5) is 0 Å². The number of esters is 1. The summed E-state index contributed by atoms with van der Waals surface area (Å²) in [4.78, 5) is 35.1. The van der Waals surface area contributed by atoms with Gasteiger partial charge in [-0.05, 0) is 18.6 Å². The zero-order chi connectivity index (χ0) is 18.1. The number of hydrogen-bond acceptors (Lipinski definition) is 6. The van der Waals surface area contributed by atoms with E-state index < -0.39 is 24.3 Å². The summed E-state index contributed by atoms with van der Waals surface area (Å²) in [7, 11) is 0. The van der Waals surface area contributed by atoms with Crippen molar-refractivity contribution in [1.82, 2.24) is 5.32 Å². The van der Waals surface area contributed by atoms with E-state index in [0.717, 1.165) is 0 Å². The predicted octanol–water partition coefficient (Wildman–Crippen LogP) is 1.03. The molecule has 7 nitrogen and oxygen atoms in total. The van der Waals surface area contributed by atoms with Gasteiger partial charge >= 0.3 is 5.97 Å². The van der Waals surface area contributed by atoms with E-state index in [-0.39, 0.29) is 17.0 Å². The summed E-state index contributed by atoms with van der Waals surface area (Å²) >= 11 is 0. The molecule has 24 heavy (non-hydrogen) atoms. The lowest BCUT2D eigenvalue weighted by molar-refractivity contribution is -0.143. The van der Waals surface area contributed by atoms with Gasteiger partial charge < -0.3 is 15.8 Å². The van der Waals surface area contributed by atoms with Crippen LogP contribution in [0.2, 0.25) is 0 Å². The normalized spacial score (nSPS) is 11.8. The topological polar surface area (TPSA) is 122 Å². The highest BCUT2D eigenvalue weighted by Crippen LogP contribution is 2.07. The molecular weight excluding hydrogens is 310 g/mol. The van der Waals surface area contributed by atoms with Crippen molar-refractivity contribution in [2.75, 3.05) is 6.61 Å². The van der Waals surface area contributed by atoms with Crippen LogP contribution in [0.5, 0.6) is 0 Å². The Morgan fingerprint density at radius 2 is 1.88 bits per heavy atom. The lowest BCUT2D eigenvalue weighted by Gasteiger charge is -2.09. The number of rotatable bonds is 6. The SMILES string of the molecule is CC(=O)N/C(=C/c1ccccc1)C(=O)OCC(=O)/C(C#N)=C(/C)N. The number of carbonyl (C=O) groups is 3. The second-order valence-electron chi connectivity index (χ2n) is 4.82. The third kappa shape index (κ3) is 5.77. The Kier molecular flexibility index (Phi) is 6.92. The number of nitrogens with one attached hydrogen (secondary N) is 1. The van der Waals surface area contributed by atoms with Crippen molar-refractivity contribution in [2.45, 2.75) is 13.8 Å². The average molecular weight is 327 g/mol. The van der Waals surface area contributed by atoms with Crippen LogP contribution in [-0.2, 0) is 19.1 Å². The van der Waals surface area contributed by atoms with Gasteiger partial charge in [0.2, 0.25) is 11.7 Å². The van der Waals surface area contributed by atoms with Crippen molar-refractivity contribution in [3.8, 4) is 6.07 Å². The van der Waals surface area contributed by atoms with Crippen LogP contribution in [0.1, 0.15) is 19.4 Å². The van der Waals surface area contributed by atoms with Gasteiger partial charge in [0.05, 0.1) is 0 Å². The summed E-state index contributed by atoms with van der Waals surface area (Å²) in [6, 6.07) is 10.4. The van der Waals surface area contributed by atoms with E-state index in [0.29, 0.717) is 5.56 Å². The highest BCUT2D eigenvalue weighted by Gasteiger charge is 2.17. The Labute approximate surface area is 139 Å². The van der Waals surface area contributed by atoms with Crippen molar-refractivity contribution in [2.24, 2.45) is 5.73 Å². The fraction of sp³-hybridized carbons (Fsp3) is 0.176. The molecule has 0 unspecified atom stereocenters. The van der Waals surface area contributed by atoms with Gasteiger partial charge in [-0.25, -0.2) is 4.79 Å². The first kappa shape index (κ1) is 18.6. The van der Waals surface area contributed by atoms with Crippen LogP contribution >= 0.6 is 0 Å². The van der Waals surface area contributed by atoms with Gasteiger partial charge in [-0.15, -0.1) is 0 Å². The van der Waals surface area contributed by atoms with Gasteiger partial charge in [-0.3, -0.25) is 9.59 Å². The number of ketones is 1. The first-order chi connectivity index (χ1) is 11.3. The molecule has 0 saturated heterocycles. The summed E-state index contributed by atoms with van der Waals surface area (Å²) in [6.45, 7) is 1.99. The molecule has 0 fully saturated rings. The van der Waals surface area contributed by atoms with E-state index in [1.807, 2.05) is 0 Å². The largest absolute Gasteiger partial charge is 0.453 e. The molecule has 1 aromatic carbocycles. The molecule has 0 spiro atoms. The molecule has 0 atom stereocenters. The Morgan fingerprint density at radius 3 is 2.38 bits per heavy atom. The number of allylic oxidation sites excluding steroid dienone is 1. The fourth-order valence-electron chi connectivity index (χ4n) is 1.70. The van der Waals surface area contributed by atoms with Gasteiger partial charge in [0.25, 0.3) is 0 Å². The smallest absolute Gasteiger partial charge is 0.355 e. The third-order valence-corrected chi connectivity index (χ3v) is 2.76. The van der Waals surface area contributed by atoms with Gasteiger partial charge in [0, 0.05) is 12.6 Å². The average Bonchev–Trinajstić information content (AvgIpc) is 2.52. The molecule has 1 aromatic rings. The number of nitrogens with two attached hydrogens (primary N) is 1. The van der Waals surface area contributed by atoms with Gasteiger partial charge in [0.1, 0.15) is 17.3 Å². The number of hydrogen-bond donors (Lipinski definition) is 2. The van der Waals surface area contributed by atoms with Crippen LogP contribution in [0.3, 0.4) is 0 Å². The third-order valence-electron chi connectivity index (χ3n) is 2.76. The number of amides is 1. The van der Waals surface area contributed by atoms with Crippen molar-refractivity contribution >= 4 is 23.7 Å². The lowest BCUT2D eigenvalue weighted by Crippen LogP contribution is -2.28. The number of nitriles is 1. The number of Topliss-reactive ketones (excluding diaryl/α,β-unsaturated/α-hetero) is 1. The highest BCUT2D eigenvalue weighted by atomic mass is 16.5. The molecule has 0 aromatic heterocycles. The van der Waals surface area contributed by atoms with Crippen molar-refractivity contribution < 1.29 is 19.1 Å². The summed E-state index contributed by atoms with van der Waals surface area (Å²) in [5.41, 5.74) is 5.73. The molecule has 124 valence electrons. The quantitative estimate of drug-likeness (QED) is 0.457. The zero-order valence-corrected chi connectivity index (χ0v) is 13.3. The van der Waals surface area contributed by atoms with Crippen LogP contribution in [-0.4, -0.2) is 24.3 Å².